The monoisotopic (exact) mass is 917 g/mol. The molecule has 1 saturated carbocycles. The van der Waals surface area contributed by atoms with Crippen LogP contribution in [-0.4, -0.2) is 158 Å². The van der Waals surface area contributed by atoms with Gasteiger partial charge in [-0.05, 0) is 128 Å². The van der Waals surface area contributed by atoms with Crippen LogP contribution in [0.25, 0.3) is 0 Å². The third kappa shape index (κ3) is 14.6. The third-order valence-corrected chi connectivity index (χ3v) is 13.5. The number of benzene rings is 2. The normalized spacial score (nSPS) is 19.7. The summed E-state index contributed by atoms with van der Waals surface area (Å²) in [5.41, 5.74) is 1.43. The summed E-state index contributed by atoms with van der Waals surface area (Å²) >= 11 is 0. The number of ether oxygens (including phenoxy) is 4. The van der Waals surface area contributed by atoms with Gasteiger partial charge in [-0.3, -0.25) is 33.9 Å². The molecule has 1 unspecified atom stereocenters. The zero-order valence-corrected chi connectivity index (χ0v) is 40.5. The number of nitrogens with zero attached hydrogens (tertiary/aromatic N) is 5. The maximum Gasteiger partial charge on any atom is 0.411 e. The predicted octanol–water partition coefficient (Wildman–Crippen LogP) is 6.34. The molecule has 6 rings (SSSR count). The molecule has 364 valence electrons. The van der Waals surface area contributed by atoms with Gasteiger partial charge in [-0.25, -0.2) is 4.79 Å². The fourth-order valence-corrected chi connectivity index (χ4v) is 9.97. The standard InChI is InChI=1S/C51H76N6O9/c1-7-64-44-31-43(63-6)20-19-42(44)34-57(50(62)66-51(3,4)5)35-45(58)56-23-13-18-41(33-56)39-16-12-17-40(30-39)48(60)52-47(38-14-10-9-11-15-38)49(61)55-28-26-54(27-29-55)32-37-21-24-53(25-22-37)36-46(59)65-8-2/h12,16-17,19-20,30-31,37-38,41,47H,7-11,13-15,18,21-29,32-36H2,1-6H3,(H,52,60)/t41?,47-/m1/s1. The molecular weight excluding hydrogens is 841 g/mol. The van der Waals surface area contributed by atoms with E-state index in [4.69, 9.17) is 18.9 Å². The van der Waals surface area contributed by atoms with Crippen molar-refractivity contribution in [1.82, 2.24) is 29.8 Å². The highest BCUT2D eigenvalue weighted by atomic mass is 16.6. The second kappa shape index (κ2) is 24.2. The first-order chi connectivity index (χ1) is 31.7. The molecule has 0 radical (unpaired) electrons. The van der Waals surface area contributed by atoms with Crippen molar-refractivity contribution in [2.75, 3.05) is 92.3 Å². The van der Waals surface area contributed by atoms with Gasteiger partial charge in [0.15, 0.2) is 0 Å². The van der Waals surface area contributed by atoms with Gasteiger partial charge < -0.3 is 34.1 Å². The van der Waals surface area contributed by atoms with Crippen LogP contribution < -0.4 is 14.8 Å². The lowest BCUT2D eigenvalue weighted by atomic mass is 9.83. The van der Waals surface area contributed by atoms with Gasteiger partial charge in [0.25, 0.3) is 5.91 Å². The van der Waals surface area contributed by atoms with Crippen LogP contribution >= 0.6 is 0 Å². The summed E-state index contributed by atoms with van der Waals surface area (Å²) in [6.07, 6.45) is 8.19. The number of nitrogens with one attached hydrogen (secondary N) is 1. The Balaban J connectivity index is 1.06. The number of rotatable bonds is 17. The number of hydrogen-bond acceptors (Lipinski definition) is 11. The minimum Gasteiger partial charge on any atom is -0.497 e. The number of amides is 4. The molecule has 4 aliphatic rings. The highest BCUT2D eigenvalue weighted by Gasteiger charge is 2.36. The minimum absolute atomic E-state index is 0.0132. The lowest BCUT2D eigenvalue weighted by molar-refractivity contribution is -0.145. The molecule has 1 aliphatic carbocycles. The summed E-state index contributed by atoms with van der Waals surface area (Å²) in [5.74, 6) is 1.25. The van der Waals surface area contributed by atoms with Crippen molar-refractivity contribution < 1.29 is 42.9 Å². The van der Waals surface area contributed by atoms with Crippen LogP contribution in [0.1, 0.15) is 120 Å². The third-order valence-electron chi connectivity index (χ3n) is 13.5. The highest BCUT2D eigenvalue weighted by molar-refractivity contribution is 5.98. The van der Waals surface area contributed by atoms with E-state index in [2.05, 4.69) is 15.1 Å². The molecule has 4 amide bonds. The molecule has 0 bridgehead atoms. The highest BCUT2D eigenvalue weighted by Crippen LogP contribution is 2.31. The SMILES string of the molecule is CCOC(=O)CN1CCC(CN2CCN(C(=O)[C@H](NC(=O)c3cccc(C4CCCN(C(=O)CN(Cc5ccc(OC)cc5OCC)C(=O)OC(C)(C)C)C4)c3)C3CCCCC3)CC2)CC1. The molecule has 0 aromatic heterocycles. The number of hydrogen-bond donors (Lipinski definition) is 1. The van der Waals surface area contributed by atoms with Crippen molar-refractivity contribution in [2.45, 2.75) is 117 Å². The van der Waals surface area contributed by atoms with E-state index in [-0.39, 0.29) is 48.6 Å². The van der Waals surface area contributed by atoms with E-state index in [9.17, 15) is 24.0 Å². The molecule has 1 N–H and O–H groups in total. The zero-order valence-electron chi connectivity index (χ0n) is 40.5. The first-order valence-electron chi connectivity index (χ1n) is 24.6. The van der Waals surface area contributed by atoms with E-state index in [0.717, 1.165) is 102 Å². The summed E-state index contributed by atoms with van der Waals surface area (Å²) in [6.45, 7) is 16.9. The smallest absolute Gasteiger partial charge is 0.411 e. The van der Waals surface area contributed by atoms with Crippen LogP contribution in [-0.2, 0) is 30.4 Å². The zero-order chi connectivity index (χ0) is 47.2. The molecule has 15 nitrogen and oxygen atoms in total. The van der Waals surface area contributed by atoms with Crippen LogP contribution in [0.2, 0.25) is 0 Å². The van der Waals surface area contributed by atoms with E-state index >= 15 is 0 Å². The Morgan fingerprint density at radius 1 is 0.803 bits per heavy atom. The number of piperazine rings is 1. The molecule has 66 heavy (non-hydrogen) atoms. The van der Waals surface area contributed by atoms with E-state index in [0.29, 0.717) is 68.9 Å². The maximum absolute atomic E-state index is 14.4. The number of likely N-dealkylation sites (tertiary alicyclic amines) is 2. The Morgan fingerprint density at radius 2 is 1.55 bits per heavy atom. The minimum atomic E-state index is -0.762. The molecule has 2 aromatic rings. The second-order valence-corrected chi connectivity index (χ2v) is 19.5. The average molecular weight is 917 g/mol. The van der Waals surface area contributed by atoms with E-state index in [1.54, 1.807) is 40.0 Å². The van der Waals surface area contributed by atoms with E-state index in [1.165, 1.54) is 4.90 Å². The Bertz CT molecular complexity index is 1930. The molecule has 3 saturated heterocycles. The van der Waals surface area contributed by atoms with Gasteiger partial charge in [-0.1, -0.05) is 31.4 Å². The summed E-state index contributed by atoms with van der Waals surface area (Å²) in [7, 11) is 1.58. The number of piperidine rings is 2. The van der Waals surface area contributed by atoms with Crippen molar-refractivity contribution in [3.05, 3.63) is 59.2 Å². The van der Waals surface area contributed by atoms with Crippen molar-refractivity contribution in [2.24, 2.45) is 11.8 Å². The van der Waals surface area contributed by atoms with E-state index < -0.39 is 17.7 Å². The van der Waals surface area contributed by atoms with Crippen LogP contribution in [0.5, 0.6) is 11.5 Å². The molecule has 15 heteroatoms. The molecule has 2 aromatic carbocycles. The molecule has 3 heterocycles. The van der Waals surface area contributed by atoms with Crippen LogP contribution in [0.15, 0.2) is 42.5 Å². The Hall–Kier alpha value is -4.89. The molecular formula is C51H76N6O9. The number of carbonyl (C=O) groups excluding carboxylic acids is 5. The van der Waals surface area contributed by atoms with Crippen molar-refractivity contribution in [1.29, 1.82) is 0 Å². The van der Waals surface area contributed by atoms with Gasteiger partial charge in [-0.15, -0.1) is 0 Å². The van der Waals surface area contributed by atoms with Gasteiger partial charge in [0.05, 0.1) is 33.4 Å². The Kier molecular flexibility index (Phi) is 18.5. The lowest BCUT2D eigenvalue weighted by Gasteiger charge is -2.40. The van der Waals surface area contributed by atoms with Crippen molar-refractivity contribution in [3.8, 4) is 11.5 Å². The summed E-state index contributed by atoms with van der Waals surface area (Å²) in [4.78, 5) is 78.0. The molecule has 4 fully saturated rings. The molecule has 3 aliphatic heterocycles. The second-order valence-electron chi connectivity index (χ2n) is 19.5. The lowest BCUT2D eigenvalue weighted by Crippen LogP contribution is -2.57. The van der Waals surface area contributed by atoms with Crippen LogP contribution in [0, 0.1) is 11.8 Å². The predicted molar refractivity (Wildman–Crippen MR) is 252 cm³/mol. The van der Waals surface area contributed by atoms with Gasteiger partial charge in [0.1, 0.15) is 29.7 Å². The maximum atomic E-state index is 14.4. The summed E-state index contributed by atoms with van der Waals surface area (Å²) < 4.78 is 22.2. The average Bonchev–Trinajstić information content (AvgIpc) is 3.31. The van der Waals surface area contributed by atoms with Crippen LogP contribution in [0.4, 0.5) is 4.79 Å². The van der Waals surface area contributed by atoms with Crippen LogP contribution in [0.3, 0.4) is 0 Å². The first kappa shape index (κ1) is 50.5. The molecule has 0 spiro atoms. The quantitative estimate of drug-likeness (QED) is 0.177. The van der Waals surface area contributed by atoms with Gasteiger partial charge in [0, 0.05) is 68.9 Å². The number of carbonyl (C=O) groups is 5. The fourth-order valence-electron chi connectivity index (χ4n) is 9.97. The van der Waals surface area contributed by atoms with Gasteiger partial charge >= 0.3 is 12.1 Å². The van der Waals surface area contributed by atoms with Crippen molar-refractivity contribution in [3.63, 3.8) is 0 Å². The first-order valence-corrected chi connectivity index (χ1v) is 24.6. The Labute approximate surface area is 392 Å². The van der Waals surface area contributed by atoms with E-state index in [1.807, 2.05) is 54.0 Å². The van der Waals surface area contributed by atoms with Gasteiger partial charge in [0.2, 0.25) is 11.8 Å². The molecule has 2 atom stereocenters. The largest absolute Gasteiger partial charge is 0.497 e. The summed E-state index contributed by atoms with van der Waals surface area (Å²) in [6, 6.07) is 12.5. The number of methoxy groups -OCH3 is 1. The van der Waals surface area contributed by atoms with Gasteiger partial charge in [-0.2, -0.15) is 0 Å². The van der Waals surface area contributed by atoms with Crippen molar-refractivity contribution >= 4 is 29.8 Å². The Morgan fingerprint density at radius 3 is 2.23 bits per heavy atom. The fraction of sp³-hybridized carbons (Fsp3) is 0.667. The summed E-state index contributed by atoms with van der Waals surface area (Å²) in [5, 5.41) is 3.23. The topological polar surface area (TPSA) is 150 Å². The number of esters is 1.